The topological polar surface area (TPSA) is 55.2 Å². The summed E-state index contributed by atoms with van der Waals surface area (Å²) in [6.45, 7) is 1.84. The molecule has 0 amide bonds. The first-order valence-electron chi connectivity index (χ1n) is 5.28. The summed E-state index contributed by atoms with van der Waals surface area (Å²) < 4.78 is 6.24. The van der Waals surface area contributed by atoms with E-state index >= 15 is 0 Å². The van der Waals surface area contributed by atoms with Gasteiger partial charge in [-0.1, -0.05) is 0 Å². The van der Waals surface area contributed by atoms with E-state index in [-0.39, 0.29) is 5.88 Å². The number of nitrogens with zero attached hydrogens (tertiary/aromatic N) is 2. The molecule has 1 N–H and O–H groups in total. The van der Waals surface area contributed by atoms with Crippen molar-refractivity contribution in [1.29, 1.82) is 0 Å². The van der Waals surface area contributed by atoms with E-state index in [4.69, 9.17) is 4.74 Å². The number of thiazole rings is 2. The van der Waals surface area contributed by atoms with Gasteiger partial charge in [-0.2, -0.15) is 4.98 Å². The predicted octanol–water partition coefficient (Wildman–Crippen LogP) is 3.44. The Bertz CT molecular complexity index is 699. The summed E-state index contributed by atoms with van der Waals surface area (Å²) in [4.78, 5) is 9.43. The number of benzene rings is 1. The lowest BCUT2D eigenvalue weighted by Gasteiger charge is -1.96. The number of fused-ring (bicyclic) bond motifs is 1. The molecule has 3 aromatic rings. The highest BCUT2D eigenvalue weighted by atomic mass is 32.1. The minimum Gasteiger partial charge on any atom is -0.497 e. The number of aromatic hydroxyl groups is 1. The van der Waals surface area contributed by atoms with Gasteiger partial charge < -0.3 is 9.84 Å². The molecule has 1 aromatic carbocycles. The van der Waals surface area contributed by atoms with E-state index < -0.39 is 0 Å². The van der Waals surface area contributed by atoms with Crippen molar-refractivity contribution in [1.82, 2.24) is 9.97 Å². The zero-order chi connectivity index (χ0) is 12.7. The molecule has 6 heteroatoms. The molecule has 0 fully saturated rings. The normalized spacial score (nSPS) is 11.0. The monoisotopic (exact) mass is 278 g/mol. The van der Waals surface area contributed by atoms with Gasteiger partial charge >= 0.3 is 0 Å². The Balaban J connectivity index is 2.12. The summed E-state index contributed by atoms with van der Waals surface area (Å²) in [6, 6.07) is 5.77. The van der Waals surface area contributed by atoms with Crippen LogP contribution in [0.5, 0.6) is 11.6 Å². The van der Waals surface area contributed by atoms with E-state index in [1.54, 1.807) is 18.4 Å². The van der Waals surface area contributed by atoms with Crippen LogP contribution in [0.2, 0.25) is 0 Å². The second kappa shape index (κ2) is 4.22. The summed E-state index contributed by atoms with van der Waals surface area (Å²) in [6.07, 6.45) is 0. The van der Waals surface area contributed by atoms with Crippen LogP contribution < -0.4 is 4.74 Å². The van der Waals surface area contributed by atoms with Crippen molar-refractivity contribution in [3.05, 3.63) is 23.1 Å². The van der Waals surface area contributed by atoms with Crippen molar-refractivity contribution < 1.29 is 9.84 Å². The third-order valence-electron chi connectivity index (χ3n) is 2.55. The molecule has 0 saturated carbocycles. The second-order valence-electron chi connectivity index (χ2n) is 3.75. The number of aryl methyl sites for hydroxylation is 1. The van der Waals surface area contributed by atoms with Crippen molar-refractivity contribution in [2.45, 2.75) is 6.92 Å². The fraction of sp³-hybridized carbons (Fsp3) is 0.167. The van der Waals surface area contributed by atoms with Gasteiger partial charge in [0.2, 0.25) is 5.88 Å². The second-order valence-corrected chi connectivity index (χ2v) is 5.99. The number of hydrogen-bond acceptors (Lipinski definition) is 6. The van der Waals surface area contributed by atoms with E-state index in [1.165, 1.54) is 11.3 Å². The molecule has 0 bridgehead atoms. The maximum atomic E-state index is 9.51. The molecule has 2 heterocycles. The summed E-state index contributed by atoms with van der Waals surface area (Å²) >= 11 is 3.00. The van der Waals surface area contributed by atoms with Gasteiger partial charge in [-0.25, -0.2) is 4.98 Å². The SMILES string of the molecule is COc1ccc2nc(-c3nc(O)c(C)s3)sc2c1. The Labute approximate surface area is 112 Å². The maximum Gasteiger partial charge on any atom is 0.225 e. The van der Waals surface area contributed by atoms with Crippen LogP contribution in [-0.2, 0) is 0 Å². The Morgan fingerprint density at radius 1 is 1.17 bits per heavy atom. The Hall–Kier alpha value is -1.66. The van der Waals surface area contributed by atoms with E-state index in [1.807, 2.05) is 25.1 Å². The van der Waals surface area contributed by atoms with Gasteiger partial charge in [0.25, 0.3) is 0 Å². The molecular weight excluding hydrogens is 268 g/mol. The number of rotatable bonds is 2. The highest BCUT2D eigenvalue weighted by Crippen LogP contribution is 2.36. The Morgan fingerprint density at radius 2 is 1.94 bits per heavy atom. The first kappa shape index (κ1) is 11.4. The van der Waals surface area contributed by atoms with Crippen LogP contribution in [0.4, 0.5) is 0 Å². The molecule has 0 atom stereocenters. The van der Waals surface area contributed by atoms with Gasteiger partial charge in [0, 0.05) is 0 Å². The van der Waals surface area contributed by atoms with Crippen molar-refractivity contribution in [2.75, 3.05) is 7.11 Å². The minimum atomic E-state index is 0.0897. The van der Waals surface area contributed by atoms with Gasteiger partial charge in [-0.3, -0.25) is 0 Å². The van der Waals surface area contributed by atoms with Gasteiger partial charge in [0.1, 0.15) is 5.75 Å². The maximum absolute atomic E-state index is 9.51. The third kappa shape index (κ3) is 1.83. The predicted molar refractivity (Wildman–Crippen MR) is 73.7 cm³/mol. The van der Waals surface area contributed by atoms with Crippen LogP contribution in [0, 0.1) is 6.92 Å². The summed E-state index contributed by atoms with van der Waals surface area (Å²) in [5, 5.41) is 11.1. The average molecular weight is 278 g/mol. The third-order valence-corrected chi connectivity index (χ3v) is 4.67. The number of methoxy groups -OCH3 is 1. The molecule has 0 aliphatic carbocycles. The first-order chi connectivity index (χ1) is 8.67. The zero-order valence-corrected chi connectivity index (χ0v) is 11.4. The van der Waals surface area contributed by atoms with E-state index in [2.05, 4.69) is 9.97 Å². The lowest BCUT2D eigenvalue weighted by atomic mass is 10.3. The van der Waals surface area contributed by atoms with Crippen molar-refractivity contribution in [3.8, 4) is 21.6 Å². The van der Waals surface area contributed by atoms with E-state index in [0.717, 1.165) is 30.9 Å². The standard InChI is InChI=1S/C12H10N2O2S2/c1-6-10(15)14-12(17-6)11-13-8-4-3-7(16-2)5-9(8)18-11/h3-5,15H,1-2H3. The molecule has 2 aromatic heterocycles. The fourth-order valence-electron chi connectivity index (χ4n) is 1.60. The van der Waals surface area contributed by atoms with Crippen LogP contribution in [0.25, 0.3) is 20.2 Å². The van der Waals surface area contributed by atoms with Crippen molar-refractivity contribution in [3.63, 3.8) is 0 Å². The zero-order valence-electron chi connectivity index (χ0n) is 9.80. The molecule has 0 saturated heterocycles. The average Bonchev–Trinajstić information content (AvgIpc) is 2.92. The summed E-state index contributed by atoms with van der Waals surface area (Å²) in [5.41, 5.74) is 0.920. The fourth-order valence-corrected chi connectivity index (χ4v) is 3.42. The van der Waals surface area contributed by atoms with Crippen LogP contribution in [0.3, 0.4) is 0 Å². The smallest absolute Gasteiger partial charge is 0.225 e. The molecule has 0 unspecified atom stereocenters. The van der Waals surface area contributed by atoms with Crippen LogP contribution in [0.1, 0.15) is 4.88 Å². The molecule has 3 rings (SSSR count). The van der Waals surface area contributed by atoms with Crippen molar-refractivity contribution in [2.24, 2.45) is 0 Å². The molecule has 4 nitrogen and oxygen atoms in total. The Morgan fingerprint density at radius 3 is 2.61 bits per heavy atom. The van der Waals surface area contributed by atoms with E-state index in [9.17, 15) is 5.11 Å². The summed E-state index contributed by atoms with van der Waals surface area (Å²) in [5.74, 6) is 0.905. The molecule has 0 aliphatic heterocycles. The van der Waals surface area contributed by atoms with Crippen LogP contribution in [-0.4, -0.2) is 22.2 Å². The molecular formula is C12H10N2O2S2. The number of ether oxygens (including phenoxy) is 1. The summed E-state index contributed by atoms with van der Waals surface area (Å²) in [7, 11) is 1.64. The van der Waals surface area contributed by atoms with Gasteiger partial charge in [0.15, 0.2) is 10.0 Å². The lowest BCUT2D eigenvalue weighted by molar-refractivity contribution is 0.415. The van der Waals surface area contributed by atoms with Crippen molar-refractivity contribution >= 4 is 32.9 Å². The van der Waals surface area contributed by atoms with Gasteiger partial charge in [0.05, 0.1) is 22.2 Å². The molecule has 0 radical (unpaired) electrons. The lowest BCUT2D eigenvalue weighted by Crippen LogP contribution is -1.80. The van der Waals surface area contributed by atoms with Gasteiger partial charge in [-0.05, 0) is 25.1 Å². The number of aromatic nitrogens is 2. The Kier molecular flexibility index (Phi) is 2.68. The molecule has 92 valence electrons. The molecule has 0 spiro atoms. The minimum absolute atomic E-state index is 0.0897. The largest absolute Gasteiger partial charge is 0.497 e. The molecule has 0 aliphatic rings. The van der Waals surface area contributed by atoms with Gasteiger partial charge in [-0.15, -0.1) is 22.7 Å². The van der Waals surface area contributed by atoms with E-state index in [0.29, 0.717) is 0 Å². The quantitative estimate of drug-likeness (QED) is 0.780. The highest BCUT2D eigenvalue weighted by molar-refractivity contribution is 7.25. The highest BCUT2D eigenvalue weighted by Gasteiger charge is 2.13. The first-order valence-corrected chi connectivity index (χ1v) is 6.92. The molecule has 18 heavy (non-hydrogen) atoms. The van der Waals surface area contributed by atoms with Crippen LogP contribution >= 0.6 is 22.7 Å². The van der Waals surface area contributed by atoms with Crippen LogP contribution in [0.15, 0.2) is 18.2 Å². The number of hydrogen-bond donors (Lipinski definition) is 1.